The number of nitrogens with two attached hydrogens (primary N) is 1. The third-order valence-corrected chi connectivity index (χ3v) is 4.79. The van der Waals surface area contributed by atoms with Crippen molar-refractivity contribution in [3.05, 3.63) is 24.3 Å². The highest BCUT2D eigenvalue weighted by Gasteiger charge is 2.62. The Hall–Kier alpha value is -1.26. The van der Waals surface area contributed by atoms with E-state index in [1.807, 2.05) is 41.5 Å². The molecule has 0 aromatic carbocycles. The zero-order chi connectivity index (χ0) is 16.5. The average Bonchev–Trinajstić information content (AvgIpc) is 2.35. The molecule has 4 heteroatoms. The standard InChI is InChI=1S/C17H29N2O2/c1-7-9-14(20)13-11-16(3,4)19(18,15(21)10-8-2)17(5,6)12-13/h7-10,13H,11-12,18H2,1-6H3/q+1. The maximum Gasteiger partial charge on any atom is 0.358 e. The molecule has 2 N–H and O–H groups in total. The van der Waals surface area contributed by atoms with Crippen LogP contribution in [0.25, 0.3) is 0 Å². The van der Waals surface area contributed by atoms with E-state index in [-0.39, 0.29) is 22.2 Å². The Morgan fingerprint density at radius 3 is 1.81 bits per heavy atom. The van der Waals surface area contributed by atoms with E-state index in [0.29, 0.717) is 12.8 Å². The lowest BCUT2D eigenvalue weighted by atomic mass is 9.71. The second kappa shape index (κ2) is 5.85. The molecule has 0 bridgehead atoms. The molecule has 4 nitrogen and oxygen atoms in total. The summed E-state index contributed by atoms with van der Waals surface area (Å²) in [7, 11) is 0. The molecule has 0 aromatic heterocycles. The number of hydrogen-bond donors (Lipinski definition) is 1. The number of amides is 1. The van der Waals surface area contributed by atoms with Gasteiger partial charge in [0.15, 0.2) is 5.78 Å². The number of carbonyl (C=O) groups is 2. The first kappa shape index (κ1) is 17.8. The minimum absolute atomic E-state index is 0.0839. The van der Waals surface area contributed by atoms with Crippen molar-refractivity contribution in [2.45, 2.75) is 65.5 Å². The van der Waals surface area contributed by atoms with E-state index in [0.717, 1.165) is 0 Å². The highest BCUT2D eigenvalue weighted by molar-refractivity contribution is 5.92. The zero-order valence-electron chi connectivity index (χ0n) is 14.1. The first-order valence-electron chi connectivity index (χ1n) is 7.55. The SMILES string of the molecule is CC=CC(=O)C1CC(C)(C)[N+](N)(C(=O)C=CC)C(C)(C)C1. The van der Waals surface area contributed by atoms with Gasteiger partial charge in [-0.1, -0.05) is 12.2 Å². The summed E-state index contributed by atoms with van der Waals surface area (Å²) in [5, 5.41) is 0. The largest absolute Gasteiger partial charge is 0.358 e. The summed E-state index contributed by atoms with van der Waals surface area (Å²) >= 11 is 0. The van der Waals surface area contributed by atoms with Crippen molar-refractivity contribution in [2.75, 3.05) is 0 Å². The normalized spacial score (nSPS) is 31.7. The van der Waals surface area contributed by atoms with Gasteiger partial charge in [0.2, 0.25) is 0 Å². The van der Waals surface area contributed by atoms with Crippen LogP contribution in [0.2, 0.25) is 0 Å². The molecule has 0 atom stereocenters. The Morgan fingerprint density at radius 2 is 1.43 bits per heavy atom. The van der Waals surface area contributed by atoms with Crippen LogP contribution in [0.4, 0.5) is 0 Å². The van der Waals surface area contributed by atoms with Crippen LogP contribution in [-0.2, 0) is 9.59 Å². The van der Waals surface area contributed by atoms with Gasteiger partial charge in [-0.25, -0.2) is 4.79 Å². The molecule has 0 radical (unpaired) electrons. The number of ketones is 1. The van der Waals surface area contributed by atoms with Gasteiger partial charge in [-0.05, 0) is 47.6 Å². The molecule has 1 heterocycles. The Bertz CT molecular complexity index is 469. The zero-order valence-corrected chi connectivity index (χ0v) is 14.1. The molecule has 21 heavy (non-hydrogen) atoms. The summed E-state index contributed by atoms with van der Waals surface area (Å²) < 4.78 is -0.163. The molecule has 0 aliphatic carbocycles. The van der Waals surface area contributed by atoms with Crippen LogP contribution < -0.4 is 5.84 Å². The Morgan fingerprint density at radius 1 is 1.00 bits per heavy atom. The van der Waals surface area contributed by atoms with Gasteiger partial charge in [-0.2, -0.15) is 10.4 Å². The van der Waals surface area contributed by atoms with Gasteiger partial charge in [0.05, 0.1) is 0 Å². The predicted molar refractivity (Wildman–Crippen MR) is 85.0 cm³/mol. The third-order valence-electron chi connectivity index (χ3n) is 4.79. The summed E-state index contributed by atoms with van der Waals surface area (Å²) in [6, 6.07) is 0. The molecule has 0 aromatic rings. The molecular formula is C17H29N2O2+. The highest BCUT2D eigenvalue weighted by atomic mass is 16.2. The maximum atomic E-state index is 12.6. The van der Waals surface area contributed by atoms with Crippen LogP contribution in [0.3, 0.4) is 0 Å². The first-order valence-corrected chi connectivity index (χ1v) is 7.55. The lowest BCUT2D eigenvalue weighted by Gasteiger charge is -2.57. The second-order valence-corrected chi connectivity index (χ2v) is 7.19. The number of carbonyl (C=O) groups excluding carboxylic acids is 2. The molecule has 1 aliphatic heterocycles. The number of allylic oxidation sites excluding steroid dienone is 3. The quantitative estimate of drug-likeness (QED) is 0.377. The monoisotopic (exact) mass is 293 g/mol. The number of rotatable bonds is 3. The van der Waals surface area contributed by atoms with Crippen LogP contribution in [-0.4, -0.2) is 27.4 Å². The Balaban J connectivity index is 3.27. The fourth-order valence-electron chi connectivity index (χ4n) is 3.74. The van der Waals surface area contributed by atoms with Gasteiger partial charge in [-0.15, -0.1) is 0 Å². The summed E-state index contributed by atoms with van der Waals surface area (Å²) in [6.45, 7) is 11.6. The lowest BCUT2D eigenvalue weighted by Crippen LogP contribution is -2.80. The van der Waals surface area contributed by atoms with Crippen LogP contribution in [0.1, 0.15) is 54.4 Å². The molecule has 1 rings (SSSR count). The molecule has 1 aliphatic rings. The Kier molecular flexibility index (Phi) is 4.96. The van der Waals surface area contributed by atoms with Crippen molar-refractivity contribution in [2.24, 2.45) is 11.8 Å². The van der Waals surface area contributed by atoms with Crippen molar-refractivity contribution in [3.8, 4) is 0 Å². The van der Waals surface area contributed by atoms with Gasteiger partial charge in [0, 0.05) is 24.8 Å². The summed E-state index contributed by atoms with van der Waals surface area (Å²) in [6.07, 6.45) is 7.88. The van der Waals surface area contributed by atoms with Gasteiger partial charge in [0.25, 0.3) is 0 Å². The van der Waals surface area contributed by atoms with Crippen LogP contribution in [0.5, 0.6) is 0 Å². The smallest absolute Gasteiger partial charge is 0.295 e. The van der Waals surface area contributed by atoms with Crippen molar-refractivity contribution < 1.29 is 14.2 Å². The number of nitrogens with zero attached hydrogens (tertiary/aromatic N) is 1. The second-order valence-electron chi connectivity index (χ2n) is 7.19. The molecule has 118 valence electrons. The minimum Gasteiger partial charge on any atom is -0.295 e. The molecular weight excluding hydrogens is 264 g/mol. The fourth-order valence-corrected chi connectivity index (χ4v) is 3.74. The van der Waals surface area contributed by atoms with Crippen LogP contribution in [0.15, 0.2) is 24.3 Å². The minimum atomic E-state index is -0.500. The molecule has 0 unspecified atom stereocenters. The summed E-state index contributed by atoms with van der Waals surface area (Å²) in [5.74, 6) is 6.53. The Labute approximate surface area is 128 Å². The van der Waals surface area contributed by atoms with E-state index in [1.165, 1.54) is 6.08 Å². The molecule has 1 amide bonds. The van der Waals surface area contributed by atoms with E-state index < -0.39 is 11.1 Å². The fraction of sp³-hybridized carbons (Fsp3) is 0.647. The molecule has 0 spiro atoms. The van der Waals surface area contributed by atoms with Crippen LogP contribution >= 0.6 is 0 Å². The maximum absolute atomic E-state index is 12.6. The van der Waals surface area contributed by atoms with Crippen molar-refractivity contribution in [1.82, 2.24) is 0 Å². The molecule has 0 saturated carbocycles. The highest BCUT2D eigenvalue weighted by Crippen LogP contribution is 2.45. The number of piperidine rings is 1. The van der Waals surface area contributed by atoms with E-state index >= 15 is 0 Å². The van der Waals surface area contributed by atoms with E-state index in [4.69, 9.17) is 5.84 Å². The first-order chi connectivity index (χ1) is 9.53. The number of quaternary nitrogens is 1. The van der Waals surface area contributed by atoms with E-state index in [9.17, 15) is 9.59 Å². The topological polar surface area (TPSA) is 60.2 Å². The number of likely N-dealkylation sites (tertiary alicyclic amines) is 1. The van der Waals surface area contributed by atoms with Crippen LogP contribution in [0, 0.1) is 5.92 Å². The summed E-state index contributed by atoms with van der Waals surface area (Å²) in [4.78, 5) is 24.9. The van der Waals surface area contributed by atoms with Crippen molar-refractivity contribution >= 4 is 11.7 Å². The molecule has 1 saturated heterocycles. The van der Waals surface area contributed by atoms with Gasteiger partial charge in [-0.3, -0.25) is 4.79 Å². The molecule has 1 fully saturated rings. The van der Waals surface area contributed by atoms with Crippen molar-refractivity contribution in [1.29, 1.82) is 0 Å². The van der Waals surface area contributed by atoms with Crippen molar-refractivity contribution in [3.63, 3.8) is 0 Å². The summed E-state index contributed by atoms with van der Waals surface area (Å²) in [5.41, 5.74) is -1.000. The van der Waals surface area contributed by atoms with Gasteiger partial charge < -0.3 is 0 Å². The van der Waals surface area contributed by atoms with E-state index in [1.54, 1.807) is 18.2 Å². The number of hydrogen-bond acceptors (Lipinski definition) is 3. The average molecular weight is 293 g/mol. The lowest BCUT2D eigenvalue weighted by molar-refractivity contribution is -0.963. The van der Waals surface area contributed by atoms with Gasteiger partial charge in [0.1, 0.15) is 11.1 Å². The van der Waals surface area contributed by atoms with E-state index in [2.05, 4.69) is 0 Å². The third kappa shape index (κ3) is 2.87. The van der Waals surface area contributed by atoms with Gasteiger partial charge >= 0.3 is 5.91 Å². The predicted octanol–water partition coefficient (Wildman–Crippen LogP) is 2.89.